The lowest BCUT2D eigenvalue weighted by Crippen LogP contribution is -2.42. The molecule has 2 N–H and O–H groups in total. The Labute approximate surface area is 113 Å². The summed E-state index contributed by atoms with van der Waals surface area (Å²) >= 11 is 0. The molecular weight excluding hydrogens is 245 g/mol. The first-order valence-corrected chi connectivity index (χ1v) is 6.52. The zero-order valence-corrected chi connectivity index (χ0v) is 11.7. The molecule has 0 radical (unpaired) electrons. The van der Waals surface area contributed by atoms with Gasteiger partial charge in [-0.3, -0.25) is 4.79 Å². The molecule has 0 aliphatic rings. The molecule has 0 aromatic heterocycles. The van der Waals surface area contributed by atoms with Gasteiger partial charge < -0.3 is 10.4 Å². The third-order valence-corrected chi connectivity index (χ3v) is 2.77. The van der Waals surface area contributed by atoms with Gasteiger partial charge in [0.2, 0.25) is 5.91 Å². The van der Waals surface area contributed by atoms with Gasteiger partial charge in [0.1, 0.15) is 5.82 Å². The van der Waals surface area contributed by atoms with Crippen LogP contribution in [-0.2, 0) is 11.2 Å². The number of benzene rings is 1. The molecule has 0 aliphatic heterocycles. The zero-order valence-electron chi connectivity index (χ0n) is 11.7. The Hall–Kier alpha value is -1.42. The van der Waals surface area contributed by atoms with Crippen LogP contribution in [0.2, 0.25) is 0 Å². The summed E-state index contributed by atoms with van der Waals surface area (Å²) in [4.78, 5) is 11.7. The molecule has 1 aromatic rings. The molecule has 0 aliphatic carbocycles. The molecule has 1 aromatic carbocycles. The van der Waals surface area contributed by atoms with Crippen molar-refractivity contribution in [2.45, 2.75) is 39.2 Å². The molecule has 0 bridgehead atoms. The Kier molecular flexibility index (Phi) is 5.48. The SMILES string of the molecule is CC(C)CC(C)(O)CNC(=O)Cc1cccc(F)c1. The van der Waals surface area contributed by atoms with Crippen LogP contribution in [0.25, 0.3) is 0 Å². The van der Waals surface area contributed by atoms with E-state index in [0.717, 1.165) is 0 Å². The largest absolute Gasteiger partial charge is 0.388 e. The van der Waals surface area contributed by atoms with Gasteiger partial charge in [0.25, 0.3) is 0 Å². The fourth-order valence-corrected chi connectivity index (χ4v) is 2.14. The smallest absolute Gasteiger partial charge is 0.224 e. The summed E-state index contributed by atoms with van der Waals surface area (Å²) in [5.41, 5.74) is -0.285. The van der Waals surface area contributed by atoms with Crippen LogP contribution in [0.3, 0.4) is 0 Å². The highest BCUT2D eigenvalue weighted by Gasteiger charge is 2.22. The molecule has 1 unspecified atom stereocenters. The third kappa shape index (κ3) is 6.34. The number of amides is 1. The number of carbonyl (C=O) groups is 1. The zero-order chi connectivity index (χ0) is 14.5. The Morgan fingerprint density at radius 2 is 2.16 bits per heavy atom. The van der Waals surface area contributed by atoms with Crippen LogP contribution in [0.1, 0.15) is 32.8 Å². The summed E-state index contributed by atoms with van der Waals surface area (Å²) in [7, 11) is 0. The molecule has 3 nitrogen and oxygen atoms in total. The topological polar surface area (TPSA) is 49.3 Å². The van der Waals surface area contributed by atoms with Crippen LogP contribution < -0.4 is 5.32 Å². The van der Waals surface area contributed by atoms with Crippen LogP contribution in [0.15, 0.2) is 24.3 Å². The predicted molar refractivity (Wildman–Crippen MR) is 73.2 cm³/mol. The summed E-state index contributed by atoms with van der Waals surface area (Å²) in [5, 5.41) is 12.8. The highest BCUT2D eigenvalue weighted by molar-refractivity contribution is 5.78. The number of nitrogens with one attached hydrogen (secondary N) is 1. The number of hydrogen-bond acceptors (Lipinski definition) is 2. The molecule has 0 spiro atoms. The fraction of sp³-hybridized carbons (Fsp3) is 0.533. The van der Waals surface area contributed by atoms with E-state index in [2.05, 4.69) is 5.32 Å². The Morgan fingerprint density at radius 1 is 1.47 bits per heavy atom. The highest BCUT2D eigenvalue weighted by Crippen LogP contribution is 2.15. The van der Waals surface area contributed by atoms with E-state index in [4.69, 9.17) is 0 Å². The quantitative estimate of drug-likeness (QED) is 0.830. The molecule has 19 heavy (non-hydrogen) atoms. The summed E-state index contributed by atoms with van der Waals surface area (Å²) in [6.07, 6.45) is 0.739. The van der Waals surface area contributed by atoms with E-state index in [1.165, 1.54) is 12.1 Å². The lowest BCUT2D eigenvalue weighted by atomic mass is 9.94. The highest BCUT2D eigenvalue weighted by atomic mass is 19.1. The maximum atomic E-state index is 13.0. The molecule has 4 heteroatoms. The van der Waals surface area contributed by atoms with E-state index in [1.807, 2.05) is 13.8 Å². The van der Waals surface area contributed by atoms with E-state index in [0.29, 0.717) is 17.9 Å². The van der Waals surface area contributed by atoms with Crippen LogP contribution in [0.4, 0.5) is 4.39 Å². The van der Waals surface area contributed by atoms with Gasteiger partial charge in [0.05, 0.1) is 12.0 Å². The number of aliphatic hydroxyl groups is 1. The fourth-order valence-electron chi connectivity index (χ4n) is 2.14. The Morgan fingerprint density at radius 3 is 2.74 bits per heavy atom. The van der Waals surface area contributed by atoms with E-state index >= 15 is 0 Å². The lowest BCUT2D eigenvalue weighted by molar-refractivity contribution is -0.121. The first-order valence-electron chi connectivity index (χ1n) is 6.52. The Balaban J connectivity index is 2.44. The standard InChI is InChI=1S/C15H22FNO2/c1-11(2)9-15(3,19)10-17-14(18)8-12-5-4-6-13(16)7-12/h4-7,11,19H,8-10H2,1-3H3,(H,17,18). The molecule has 0 saturated carbocycles. The maximum absolute atomic E-state index is 13.0. The second-order valence-electron chi connectivity index (χ2n) is 5.68. The number of carbonyl (C=O) groups excluding carboxylic acids is 1. The third-order valence-electron chi connectivity index (χ3n) is 2.77. The van der Waals surface area contributed by atoms with E-state index in [1.54, 1.807) is 19.1 Å². The minimum atomic E-state index is -0.911. The van der Waals surface area contributed by atoms with Gasteiger partial charge in [-0.25, -0.2) is 4.39 Å². The van der Waals surface area contributed by atoms with Gasteiger partial charge in [-0.1, -0.05) is 26.0 Å². The van der Waals surface area contributed by atoms with Crippen molar-refractivity contribution < 1.29 is 14.3 Å². The minimum absolute atomic E-state index is 0.121. The van der Waals surface area contributed by atoms with E-state index in [9.17, 15) is 14.3 Å². The molecule has 0 saturated heterocycles. The van der Waals surface area contributed by atoms with Gasteiger partial charge in [0, 0.05) is 6.54 Å². The Bertz CT molecular complexity index is 430. The lowest BCUT2D eigenvalue weighted by Gasteiger charge is -2.25. The van der Waals surface area contributed by atoms with Gasteiger partial charge in [-0.2, -0.15) is 0 Å². The molecular formula is C15H22FNO2. The minimum Gasteiger partial charge on any atom is -0.388 e. The molecule has 0 heterocycles. The summed E-state index contributed by atoms with van der Waals surface area (Å²) in [5.74, 6) is -0.207. The molecule has 0 fully saturated rings. The van der Waals surface area contributed by atoms with Crippen molar-refractivity contribution in [1.29, 1.82) is 0 Å². The number of halogens is 1. The summed E-state index contributed by atoms with van der Waals surface area (Å²) in [6, 6.07) is 5.96. The van der Waals surface area contributed by atoms with Crippen LogP contribution >= 0.6 is 0 Å². The van der Waals surface area contributed by atoms with Crippen LogP contribution in [0, 0.1) is 11.7 Å². The number of hydrogen-bond donors (Lipinski definition) is 2. The van der Waals surface area contributed by atoms with E-state index in [-0.39, 0.29) is 24.7 Å². The summed E-state index contributed by atoms with van der Waals surface area (Å²) in [6.45, 7) is 5.95. The maximum Gasteiger partial charge on any atom is 0.224 e. The second kappa shape index (κ2) is 6.66. The summed E-state index contributed by atoms with van der Waals surface area (Å²) < 4.78 is 13.0. The predicted octanol–water partition coefficient (Wildman–Crippen LogP) is 2.28. The van der Waals surface area contributed by atoms with Gasteiger partial charge in [-0.05, 0) is 37.0 Å². The van der Waals surface area contributed by atoms with Crippen molar-refractivity contribution in [1.82, 2.24) is 5.32 Å². The van der Waals surface area contributed by atoms with Crippen molar-refractivity contribution in [3.05, 3.63) is 35.6 Å². The van der Waals surface area contributed by atoms with Crippen molar-refractivity contribution in [3.8, 4) is 0 Å². The second-order valence-corrected chi connectivity index (χ2v) is 5.68. The van der Waals surface area contributed by atoms with E-state index < -0.39 is 5.60 Å². The number of rotatable bonds is 6. The normalized spacial score (nSPS) is 14.2. The van der Waals surface area contributed by atoms with Gasteiger partial charge in [0.15, 0.2) is 0 Å². The van der Waals surface area contributed by atoms with Gasteiger partial charge >= 0.3 is 0 Å². The van der Waals surface area contributed by atoms with Crippen molar-refractivity contribution in [3.63, 3.8) is 0 Å². The monoisotopic (exact) mass is 267 g/mol. The van der Waals surface area contributed by atoms with Crippen LogP contribution in [-0.4, -0.2) is 23.2 Å². The van der Waals surface area contributed by atoms with Crippen molar-refractivity contribution in [2.24, 2.45) is 5.92 Å². The first-order chi connectivity index (χ1) is 8.78. The van der Waals surface area contributed by atoms with Crippen LogP contribution in [0.5, 0.6) is 0 Å². The first kappa shape index (κ1) is 15.6. The average molecular weight is 267 g/mol. The molecule has 1 amide bonds. The average Bonchev–Trinajstić information content (AvgIpc) is 2.25. The molecule has 1 atom stereocenters. The molecule has 106 valence electrons. The van der Waals surface area contributed by atoms with Crippen molar-refractivity contribution >= 4 is 5.91 Å². The van der Waals surface area contributed by atoms with Gasteiger partial charge in [-0.15, -0.1) is 0 Å². The molecule has 1 rings (SSSR count). The van der Waals surface area contributed by atoms with Crippen molar-refractivity contribution in [2.75, 3.05) is 6.54 Å².